The molecule has 0 heterocycles. The number of carbonyl (C=O) groups is 1. The molecule has 1 amide bonds. The third kappa shape index (κ3) is 3.46. The first-order valence-corrected chi connectivity index (χ1v) is 6.15. The maximum Gasteiger partial charge on any atom is 0.265 e. The summed E-state index contributed by atoms with van der Waals surface area (Å²) in [6.45, 7) is 0.256. The molecule has 0 radical (unpaired) electrons. The Labute approximate surface area is 120 Å². The second-order valence-corrected chi connectivity index (χ2v) is 4.44. The molecule has 2 aromatic carbocycles. The molecule has 3 N–H and O–H groups in total. The van der Waals surface area contributed by atoms with Gasteiger partial charge >= 0.3 is 0 Å². The van der Waals surface area contributed by atoms with Crippen molar-refractivity contribution < 1.29 is 13.9 Å². The molecule has 0 aliphatic carbocycles. The number of ether oxygens (including phenoxy) is 1. The van der Waals surface area contributed by atoms with E-state index in [1.165, 1.54) is 12.1 Å². The van der Waals surface area contributed by atoms with E-state index in [1.807, 2.05) is 5.43 Å². The summed E-state index contributed by atoms with van der Waals surface area (Å²) in [4.78, 5) is 11.3. The molecule has 2 rings (SSSR count). The number of halogens is 2. The van der Waals surface area contributed by atoms with Crippen LogP contribution in [0.5, 0.6) is 5.75 Å². The van der Waals surface area contributed by atoms with E-state index in [1.54, 1.807) is 30.3 Å². The molecule has 0 saturated carbocycles. The monoisotopic (exact) mass is 294 g/mol. The summed E-state index contributed by atoms with van der Waals surface area (Å²) in [5.41, 5.74) is 3.34. The molecule has 104 valence electrons. The normalized spacial score (nSPS) is 10.2. The summed E-state index contributed by atoms with van der Waals surface area (Å²) in [6.07, 6.45) is 0. The molecule has 20 heavy (non-hydrogen) atoms. The highest BCUT2D eigenvalue weighted by molar-refractivity contribution is 6.30. The largest absolute Gasteiger partial charge is 0.489 e. The molecule has 2 aromatic rings. The first-order chi connectivity index (χ1) is 9.60. The molecule has 4 nitrogen and oxygen atoms in total. The number of benzene rings is 2. The molecular formula is C14H12ClFN2O2. The highest BCUT2D eigenvalue weighted by Gasteiger charge is 2.04. The Hall–Kier alpha value is -2.11. The molecule has 6 heteroatoms. The average molecular weight is 295 g/mol. The zero-order valence-electron chi connectivity index (χ0n) is 10.4. The topological polar surface area (TPSA) is 64.3 Å². The summed E-state index contributed by atoms with van der Waals surface area (Å²) >= 11 is 5.58. The number of hydrogen-bond donors (Lipinski definition) is 2. The van der Waals surface area contributed by atoms with Gasteiger partial charge in [-0.25, -0.2) is 10.2 Å². The third-order valence-electron chi connectivity index (χ3n) is 2.64. The highest BCUT2D eigenvalue weighted by atomic mass is 35.5. The summed E-state index contributed by atoms with van der Waals surface area (Å²) < 4.78 is 18.6. The Morgan fingerprint density at radius 2 is 1.95 bits per heavy atom. The van der Waals surface area contributed by atoms with Crippen molar-refractivity contribution in [3.8, 4) is 5.75 Å². The maximum absolute atomic E-state index is 13.2. The number of amides is 1. The van der Waals surface area contributed by atoms with E-state index in [0.29, 0.717) is 11.3 Å². The minimum absolute atomic E-state index is 0.0505. The summed E-state index contributed by atoms with van der Waals surface area (Å²) in [5.74, 6) is 4.53. The predicted molar refractivity (Wildman–Crippen MR) is 73.8 cm³/mol. The van der Waals surface area contributed by atoms with Crippen molar-refractivity contribution in [1.82, 2.24) is 5.43 Å². The molecule has 0 aliphatic heterocycles. The van der Waals surface area contributed by atoms with Gasteiger partial charge in [0.25, 0.3) is 5.91 Å². The molecule has 0 atom stereocenters. The maximum atomic E-state index is 13.2. The molecule has 0 spiro atoms. The SMILES string of the molecule is NNC(=O)c1ccc(COc2ccc(Cl)c(F)c2)cc1. The van der Waals surface area contributed by atoms with E-state index in [9.17, 15) is 9.18 Å². The zero-order chi connectivity index (χ0) is 14.5. The van der Waals surface area contributed by atoms with Gasteiger partial charge in [0.1, 0.15) is 18.2 Å². The first kappa shape index (κ1) is 14.3. The van der Waals surface area contributed by atoms with Crippen LogP contribution in [0, 0.1) is 5.82 Å². The fourth-order valence-corrected chi connectivity index (χ4v) is 1.69. The van der Waals surface area contributed by atoms with Gasteiger partial charge in [0, 0.05) is 11.6 Å². The van der Waals surface area contributed by atoms with Gasteiger partial charge in [0.15, 0.2) is 0 Å². The van der Waals surface area contributed by atoms with Crippen molar-refractivity contribution in [3.63, 3.8) is 0 Å². The number of rotatable bonds is 4. The zero-order valence-corrected chi connectivity index (χ0v) is 11.2. The number of carbonyl (C=O) groups excluding carboxylic acids is 1. The smallest absolute Gasteiger partial charge is 0.265 e. The van der Waals surface area contributed by atoms with Gasteiger partial charge in [-0.15, -0.1) is 0 Å². The van der Waals surface area contributed by atoms with Gasteiger partial charge in [-0.3, -0.25) is 10.2 Å². The van der Waals surface area contributed by atoms with E-state index < -0.39 is 5.82 Å². The van der Waals surface area contributed by atoms with Crippen molar-refractivity contribution in [2.45, 2.75) is 6.61 Å². The van der Waals surface area contributed by atoms with E-state index in [-0.39, 0.29) is 17.5 Å². The van der Waals surface area contributed by atoms with Crippen LogP contribution >= 0.6 is 11.6 Å². The van der Waals surface area contributed by atoms with Crippen molar-refractivity contribution in [1.29, 1.82) is 0 Å². The Bertz CT molecular complexity index is 617. The number of nitrogen functional groups attached to an aromatic ring is 1. The predicted octanol–water partition coefficient (Wildman–Crippen LogP) is 2.66. The second-order valence-electron chi connectivity index (χ2n) is 4.03. The average Bonchev–Trinajstić information content (AvgIpc) is 2.48. The van der Waals surface area contributed by atoms with Crippen LogP contribution in [0.2, 0.25) is 5.02 Å². The first-order valence-electron chi connectivity index (χ1n) is 5.78. The van der Waals surface area contributed by atoms with Gasteiger partial charge in [0.2, 0.25) is 0 Å². The van der Waals surface area contributed by atoms with Crippen molar-refractivity contribution in [2.75, 3.05) is 0 Å². The van der Waals surface area contributed by atoms with Crippen LogP contribution in [0.25, 0.3) is 0 Å². The molecule has 0 bridgehead atoms. The van der Waals surface area contributed by atoms with E-state index in [0.717, 1.165) is 5.56 Å². The standard InChI is InChI=1S/C14H12ClFN2O2/c15-12-6-5-11(7-13(12)16)20-8-9-1-3-10(4-2-9)14(19)18-17/h1-7H,8,17H2,(H,18,19). The molecule has 0 unspecified atom stereocenters. The van der Waals surface area contributed by atoms with E-state index in [2.05, 4.69) is 0 Å². The van der Waals surface area contributed by atoms with Crippen LogP contribution in [-0.2, 0) is 6.61 Å². The number of nitrogens with one attached hydrogen (secondary N) is 1. The van der Waals surface area contributed by atoms with Crippen LogP contribution in [0.1, 0.15) is 15.9 Å². The number of hydrogen-bond acceptors (Lipinski definition) is 3. The quantitative estimate of drug-likeness (QED) is 0.518. The molecular weight excluding hydrogens is 283 g/mol. The fraction of sp³-hybridized carbons (Fsp3) is 0.0714. The minimum Gasteiger partial charge on any atom is -0.489 e. The van der Waals surface area contributed by atoms with Gasteiger partial charge < -0.3 is 4.74 Å². The molecule has 0 aliphatic rings. The van der Waals surface area contributed by atoms with Gasteiger partial charge in [0.05, 0.1) is 5.02 Å². The van der Waals surface area contributed by atoms with E-state index in [4.69, 9.17) is 22.2 Å². The van der Waals surface area contributed by atoms with Crippen LogP contribution in [0.3, 0.4) is 0 Å². The van der Waals surface area contributed by atoms with Gasteiger partial charge in [-0.2, -0.15) is 0 Å². The highest BCUT2D eigenvalue weighted by Crippen LogP contribution is 2.21. The lowest BCUT2D eigenvalue weighted by Crippen LogP contribution is -2.29. The number of nitrogens with two attached hydrogens (primary N) is 1. The van der Waals surface area contributed by atoms with Crippen LogP contribution < -0.4 is 16.0 Å². The summed E-state index contributed by atoms with van der Waals surface area (Å²) in [7, 11) is 0. The lowest BCUT2D eigenvalue weighted by atomic mass is 10.1. The lowest BCUT2D eigenvalue weighted by Gasteiger charge is -2.07. The summed E-state index contributed by atoms with van der Waals surface area (Å²) in [5, 5.41) is 0.0505. The summed E-state index contributed by atoms with van der Waals surface area (Å²) in [6, 6.07) is 11.0. The van der Waals surface area contributed by atoms with Gasteiger partial charge in [-0.05, 0) is 29.8 Å². The van der Waals surface area contributed by atoms with Crippen molar-refractivity contribution >= 4 is 17.5 Å². The third-order valence-corrected chi connectivity index (χ3v) is 2.95. The molecule has 0 aromatic heterocycles. The van der Waals surface area contributed by atoms with Crippen molar-refractivity contribution in [3.05, 3.63) is 64.4 Å². The Morgan fingerprint density at radius 1 is 1.25 bits per heavy atom. The fourth-order valence-electron chi connectivity index (χ4n) is 1.57. The van der Waals surface area contributed by atoms with Gasteiger partial charge in [-0.1, -0.05) is 23.7 Å². The van der Waals surface area contributed by atoms with Crippen molar-refractivity contribution in [2.24, 2.45) is 5.84 Å². The Kier molecular flexibility index (Phi) is 4.55. The van der Waals surface area contributed by atoms with Crippen LogP contribution in [0.15, 0.2) is 42.5 Å². The molecule has 0 saturated heterocycles. The lowest BCUT2D eigenvalue weighted by molar-refractivity contribution is 0.0953. The van der Waals surface area contributed by atoms with Crippen LogP contribution in [0.4, 0.5) is 4.39 Å². The Balaban J connectivity index is 2.00. The minimum atomic E-state index is -0.529. The molecule has 0 fully saturated rings. The van der Waals surface area contributed by atoms with E-state index >= 15 is 0 Å². The second kappa shape index (κ2) is 6.36. The number of hydrazine groups is 1. The Morgan fingerprint density at radius 3 is 2.55 bits per heavy atom. The van der Waals surface area contributed by atoms with Crippen LogP contribution in [-0.4, -0.2) is 5.91 Å².